The number of carbonyl (C=O) groups excluding carboxylic acids is 2. The zero-order valence-electron chi connectivity index (χ0n) is 12.9. The second kappa shape index (κ2) is 10.7. The highest BCUT2D eigenvalue weighted by Gasteiger charge is 2.36. The van der Waals surface area contributed by atoms with Gasteiger partial charge in [-0.25, -0.2) is 4.79 Å². The summed E-state index contributed by atoms with van der Waals surface area (Å²) in [6.45, 7) is 4.44. The minimum atomic E-state index is -1.16. The van der Waals surface area contributed by atoms with Crippen molar-refractivity contribution in [3.63, 3.8) is 0 Å². The number of hydrogen-bond acceptors (Lipinski definition) is 6. The van der Waals surface area contributed by atoms with Crippen LogP contribution in [0.25, 0.3) is 0 Å². The van der Waals surface area contributed by atoms with Crippen LogP contribution in [0, 0.1) is 0 Å². The Labute approximate surface area is 141 Å². The van der Waals surface area contributed by atoms with E-state index in [-0.39, 0.29) is 17.4 Å². The van der Waals surface area contributed by atoms with Crippen molar-refractivity contribution < 1.29 is 19.5 Å². The summed E-state index contributed by atoms with van der Waals surface area (Å²) in [5, 5.41) is 11.3. The molecule has 1 fully saturated rings. The number of amides is 2. The molecule has 3 unspecified atom stereocenters. The highest BCUT2D eigenvalue weighted by molar-refractivity contribution is 7.80. The van der Waals surface area contributed by atoms with Crippen LogP contribution in [-0.2, 0) is 14.4 Å². The fourth-order valence-electron chi connectivity index (χ4n) is 2.05. The van der Waals surface area contributed by atoms with Gasteiger partial charge in [0.15, 0.2) is 0 Å². The Kier molecular flexibility index (Phi) is 10.3. The zero-order valence-corrected chi connectivity index (χ0v) is 14.6. The predicted molar refractivity (Wildman–Crippen MR) is 91.3 cm³/mol. The first kappa shape index (κ1) is 21.1. The van der Waals surface area contributed by atoms with Crippen LogP contribution < -0.4 is 11.1 Å². The van der Waals surface area contributed by atoms with E-state index in [1.165, 1.54) is 4.90 Å². The summed E-state index contributed by atoms with van der Waals surface area (Å²) in [4.78, 5) is 36.4. The monoisotopic (exact) mass is 351 g/mol. The van der Waals surface area contributed by atoms with Crippen molar-refractivity contribution >= 4 is 43.0 Å². The molecule has 4 N–H and O–H groups in total. The molecule has 0 saturated carbocycles. The van der Waals surface area contributed by atoms with Gasteiger partial charge in [-0.3, -0.25) is 9.59 Å². The van der Waals surface area contributed by atoms with E-state index in [4.69, 9.17) is 10.8 Å². The summed E-state index contributed by atoms with van der Waals surface area (Å²) in [5.41, 5.74) is 5.63. The van der Waals surface area contributed by atoms with Crippen LogP contribution in [0.5, 0.6) is 0 Å². The number of nitrogens with two attached hydrogens (primary N) is 1. The highest BCUT2D eigenvalue weighted by Crippen LogP contribution is 2.18. The molecule has 0 aromatic rings. The lowest BCUT2D eigenvalue weighted by Gasteiger charge is -2.27. The van der Waals surface area contributed by atoms with Gasteiger partial charge >= 0.3 is 5.97 Å². The molecule has 1 heterocycles. The number of carboxylic acid groups (broad SMARTS) is 1. The van der Waals surface area contributed by atoms with Crippen molar-refractivity contribution in [2.75, 3.05) is 18.1 Å². The van der Waals surface area contributed by atoms with Crippen LogP contribution >= 0.6 is 25.3 Å². The molecule has 0 bridgehead atoms. The molecule has 7 nitrogen and oxygen atoms in total. The fourth-order valence-corrected chi connectivity index (χ4v) is 2.45. The maximum absolute atomic E-state index is 12.1. The number of likely N-dealkylation sites (tertiary alicyclic amines) is 1. The fraction of sp³-hybridized carbons (Fsp3) is 0.769. The van der Waals surface area contributed by atoms with Gasteiger partial charge in [0, 0.05) is 18.1 Å². The second-order valence-electron chi connectivity index (χ2n) is 4.56. The van der Waals surface area contributed by atoms with Crippen LogP contribution in [0.2, 0.25) is 0 Å². The van der Waals surface area contributed by atoms with E-state index < -0.39 is 30.0 Å². The lowest BCUT2D eigenvalue weighted by molar-refractivity contribution is -0.143. The molecule has 1 aliphatic heterocycles. The third kappa shape index (κ3) is 5.69. The van der Waals surface area contributed by atoms with Crippen LogP contribution in [-0.4, -0.2) is 64.0 Å². The number of nitrogens with one attached hydrogen (secondary N) is 1. The quantitative estimate of drug-likeness (QED) is 0.424. The molecular weight excluding hydrogens is 326 g/mol. The average Bonchev–Trinajstić information content (AvgIpc) is 3.01. The normalized spacial score (nSPS) is 19.7. The molecule has 0 aromatic heterocycles. The van der Waals surface area contributed by atoms with Gasteiger partial charge in [-0.15, -0.1) is 0 Å². The van der Waals surface area contributed by atoms with Crippen LogP contribution in [0.1, 0.15) is 26.7 Å². The number of rotatable bonds is 6. The first-order chi connectivity index (χ1) is 10.4. The average molecular weight is 351 g/mol. The van der Waals surface area contributed by atoms with Crippen molar-refractivity contribution in [1.29, 1.82) is 0 Å². The van der Waals surface area contributed by atoms with Crippen molar-refractivity contribution in [3.05, 3.63) is 0 Å². The van der Waals surface area contributed by atoms with Gasteiger partial charge in [-0.2, -0.15) is 25.3 Å². The van der Waals surface area contributed by atoms with E-state index in [1.807, 2.05) is 13.8 Å². The van der Waals surface area contributed by atoms with Crippen molar-refractivity contribution in [2.24, 2.45) is 5.73 Å². The molecule has 9 heteroatoms. The van der Waals surface area contributed by atoms with Gasteiger partial charge in [-0.1, -0.05) is 13.8 Å². The molecule has 22 heavy (non-hydrogen) atoms. The first-order valence-corrected chi connectivity index (χ1v) is 8.49. The molecule has 0 aliphatic carbocycles. The van der Waals surface area contributed by atoms with Crippen LogP contribution in [0.15, 0.2) is 0 Å². The van der Waals surface area contributed by atoms with Gasteiger partial charge in [0.25, 0.3) is 0 Å². The lowest BCUT2D eigenvalue weighted by Crippen LogP contribution is -2.54. The molecule has 0 aromatic carbocycles. The standard InChI is InChI=1S/C11H19N3O4S2.C2H6/c12-6(4-19)10(16)14-3-1-2-8(14)9(15)13-7(5-20)11(17)18;1-2/h6-8,19-20H,1-5,12H2,(H,13,15)(H,17,18);1-2H3. The van der Waals surface area contributed by atoms with Crippen molar-refractivity contribution in [3.8, 4) is 0 Å². The Morgan fingerprint density at radius 1 is 1.32 bits per heavy atom. The van der Waals surface area contributed by atoms with Crippen LogP contribution in [0.4, 0.5) is 0 Å². The predicted octanol–water partition coefficient (Wildman–Crippen LogP) is -0.240. The molecule has 1 rings (SSSR count). The van der Waals surface area contributed by atoms with Gasteiger partial charge in [-0.05, 0) is 12.8 Å². The molecule has 3 atom stereocenters. The van der Waals surface area contributed by atoms with E-state index in [1.54, 1.807) is 0 Å². The Hall–Kier alpha value is -0.930. The summed E-state index contributed by atoms with van der Waals surface area (Å²) in [6.07, 6.45) is 1.18. The zero-order chi connectivity index (χ0) is 17.3. The molecule has 0 radical (unpaired) electrons. The molecule has 0 spiro atoms. The largest absolute Gasteiger partial charge is 0.480 e. The summed E-state index contributed by atoms with van der Waals surface area (Å²) in [5.74, 6) is -1.80. The molecular formula is C13H25N3O4S2. The molecule has 128 valence electrons. The molecule has 2 amide bonds. The number of hydrogen-bond donors (Lipinski definition) is 5. The minimum Gasteiger partial charge on any atom is -0.480 e. The Balaban J connectivity index is 0.00000211. The Bertz CT molecular complexity index is 395. The van der Waals surface area contributed by atoms with E-state index >= 15 is 0 Å². The summed E-state index contributed by atoms with van der Waals surface area (Å²) in [7, 11) is 0. The van der Waals surface area contributed by atoms with Gasteiger partial charge in [0.1, 0.15) is 12.1 Å². The topological polar surface area (TPSA) is 113 Å². The van der Waals surface area contributed by atoms with E-state index in [9.17, 15) is 14.4 Å². The van der Waals surface area contributed by atoms with E-state index in [0.717, 1.165) is 0 Å². The van der Waals surface area contributed by atoms with Gasteiger partial charge in [0.2, 0.25) is 11.8 Å². The Morgan fingerprint density at radius 2 is 1.91 bits per heavy atom. The van der Waals surface area contributed by atoms with Gasteiger partial charge in [0.05, 0.1) is 6.04 Å². The van der Waals surface area contributed by atoms with Crippen molar-refractivity contribution in [2.45, 2.75) is 44.8 Å². The number of aliphatic carboxylic acids is 1. The maximum atomic E-state index is 12.1. The highest BCUT2D eigenvalue weighted by atomic mass is 32.1. The number of nitrogens with zero attached hydrogens (tertiary/aromatic N) is 1. The number of carbonyl (C=O) groups is 3. The van der Waals surface area contributed by atoms with E-state index in [0.29, 0.717) is 19.4 Å². The SMILES string of the molecule is CC.NC(CS)C(=O)N1CCCC1C(=O)NC(CS)C(=O)O. The van der Waals surface area contributed by atoms with Gasteiger partial charge < -0.3 is 21.1 Å². The number of thiol groups is 2. The molecule has 1 saturated heterocycles. The second-order valence-corrected chi connectivity index (χ2v) is 5.29. The smallest absolute Gasteiger partial charge is 0.327 e. The minimum absolute atomic E-state index is 0.0160. The third-order valence-electron chi connectivity index (χ3n) is 3.15. The summed E-state index contributed by atoms with van der Waals surface area (Å²) >= 11 is 7.84. The number of carboxylic acids is 1. The first-order valence-electron chi connectivity index (χ1n) is 7.23. The third-order valence-corrected chi connectivity index (χ3v) is 3.91. The molecule has 1 aliphatic rings. The summed E-state index contributed by atoms with van der Waals surface area (Å²) < 4.78 is 0. The maximum Gasteiger partial charge on any atom is 0.327 e. The van der Waals surface area contributed by atoms with E-state index in [2.05, 4.69) is 30.6 Å². The lowest BCUT2D eigenvalue weighted by atomic mass is 10.1. The van der Waals surface area contributed by atoms with Crippen molar-refractivity contribution in [1.82, 2.24) is 10.2 Å². The Morgan fingerprint density at radius 3 is 2.36 bits per heavy atom. The summed E-state index contributed by atoms with van der Waals surface area (Å²) in [6, 6.07) is -2.50. The van der Waals surface area contributed by atoms with Crippen LogP contribution in [0.3, 0.4) is 0 Å².